The SMILES string of the molecule is O=C(O)CCCC(=O)Nc1cccnc1. The molecule has 1 rings (SSSR count). The molecule has 0 atom stereocenters. The van der Waals surface area contributed by atoms with Crippen LogP contribution in [0.3, 0.4) is 0 Å². The standard InChI is InChI=1S/C10H12N2O3/c13-9(4-1-5-10(14)15)12-8-3-2-6-11-7-8/h2-3,6-7H,1,4-5H2,(H,12,13)(H,14,15). The van der Waals surface area contributed by atoms with Gasteiger partial charge in [0, 0.05) is 19.0 Å². The summed E-state index contributed by atoms with van der Waals surface area (Å²) in [5.74, 6) is -1.08. The van der Waals surface area contributed by atoms with Gasteiger partial charge in [-0.2, -0.15) is 0 Å². The Bertz CT molecular complexity index is 338. The highest BCUT2D eigenvalue weighted by Crippen LogP contribution is 2.04. The maximum atomic E-state index is 11.3. The van der Waals surface area contributed by atoms with E-state index in [-0.39, 0.29) is 18.7 Å². The summed E-state index contributed by atoms with van der Waals surface area (Å²) in [6, 6.07) is 3.44. The molecule has 5 heteroatoms. The van der Waals surface area contributed by atoms with Gasteiger partial charge in [0.15, 0.2) is 0 Å². The fraction of sp³-hybridized carbons (Fsp3) is 0.300. The van der Waals surface area contributed by atoms with Crippen molar-refractivity contribution in [1.82, 2.24) is 4.98 Å². The Balaban J connectivity index is 2.28. The fourth-order valence-corrected chi connectivity index (χ4v) is 1.06. The zero-order chi connectivity index (χ0) is 11.1. The molecule has 15 heavy (non-hydrogen) atoms. The topological polar surface area (TPSA) is 79.3 Å². The average Bonchev–Trinajstić information content (AvgIpc) is 2.18. The van der Waals surface area contributed by atoms with Gasteiger partial charge in [-0.15, -0.1) is 0 Å². The quantitative estimate of drug-likeness (QED) is 0.763. The number of amides is 1. The van der Waals surface area contributed by atoms with Crippen LogP contribution in [0.4, 0.5) is 5.69 Å². The molecule has 1 aromatic rings. The van der Waals surface area contributed by atoms with Gasteiger partial charge in [0.05, 0.1) is 11.9 Å². The molecule has 0 saturated carbocycles. The van der Waals surface area contributed by atoms with Crippen LogP contribution < -0.4 is 5.32 Å². The second kappa shape index (κ2) is 5.74. The molecule has 80 valence electrons. The molecular formula is C10H12N2O3. The third-order valence-corrected chi connectivity index (χ3v) is 1.74. The number of hydrogen-bond donors (Lipinski definition) is 2. The second-order valence-electron chi connectivity index (χ2n) is 3.04. The van der Waals surface area contributed by atoms with Gasteiger partial charge < -0.3 is 10.4 Å². The minimum Gasteiger partial charge on any atom is -0.481 e. The largest absolute Gasteiger partial charge is 0.481 e. The summed E-state index contributed by atoms with van der Waals surface area (Å²) >= 11 is 0. The fourth-order valence-electron chi connectivity index (χ4n) is 1.06. The number of hydrogen-bond acceptors (Lipinski definition) is 3. The first-order valence-corrected chi connectivity index (χ1v) is 4.60. The van der Waals surface area contributed by atoms with Gasteiger partial charge in [0.1, 0.15) is 0 Å². The molecule has 5 nitrogen and oxygen atoms in total. The van der Waals surface area contributed by atoms with E-state index in [1.165, 1.54) is 6.20 Å². The van der Waals surface area contributed by atoms with Crippen molar-refractivity contribution in [2.24, 2.45) is 0 Å². The van der Waals surface area contributed by atoms with E-state index < -0.39 is 5.97 Å². The van der Waals surface area contributed by atoms with Crippen molar-refractivity contribution < 1.29 is 14.7 Å². The molecule has 0 bridgehead atoms. The zero-order valence-electron chi connectivity index (χ0n) is 8.14. The lowest BCUT2D eigenvalue weighted by molar-refractivity contribution is -0.137. The van der Waals surface area contributed by atoms with Gasteiger partial charge in [0.25, 0.3) is 0 Å². The first-order valence-electron chi connectivity index (χ1n) is 4.60. The minimum absolute atomic E-state index is 0.0143. The van der Waals surface area contributed by atoms with E-state index in [9.17, 15) is 9.59 Å². The smallest absolute Gasteiger partial charge is 0.303 e. The van der Waals surface area contributed by atoms with Crippen LogP contribution in [0.25, 0.3) is 0 Å². The molecule has 0 spiro atoms. The van der Waals surface area contributed by atoms with E-state index >= 15 is 0 Å². The molecule has 0 aliphatic heterocycles. The summed E-state index contributed by atoms with van der Waals surface area (Å²) in [5.41, 5.74) is 0.623. The monoisotopic (exact) mass is 208 g/mol. The Morgan fingerprint density at radius 2 is 2.20 bits per heavy atom. The van der Waals surface area contributed by atoms with E-state index in [0.29, 0.717) is 12.1 Å². The van der Waals surface area contributed by atoms with Crippen LogP contribution in [0.15, 0.2) is 24.5 Å². The van der Waals surface area contributed by atoms with E-state index in [4.69, 9.17) is 5.11 Å². The lowest BCUT2D eigenvalue weighted by atomic mass is 10.2. The Kier molecular flexibility index (Phi) is 4.28. The predicted molar refractivity (Wildman–Crippen MR) is 54.4 cm³/mol. The number of pyridine rings is 1. The normalized spacial score (nSPS) is 9.60. The lowest BCUT2D eigenvalue weighted by Crippen LogP contribution is -2.11. The van der Waals surface area contributed by atoms with Crippen molar-refractivity contribution in [2.75, 3.05) is 5.32 Å². The highest BCUT2D eigenvalue weighted by molar-refractivity contribution is 5.90. The van der Waals surface area contributed by atoms with Crippen LogP contribution in [0.2, 0.25) is 0 Å². The number of nitrogens with one attached hydrogen (secondary N) is 1. The van der Waals surface area contributed by atoms with Gasteiger partial charge in [-0.05, 0) is 18.6 Å². The molecule has 0 saturated heterocycles. The van der Waals surface area contributed by atoms with Crippen molar-refractivity contribution in [3.63, 3.8) is 0 Å². The van der Waals surface area contributed by atoms with Crippen molar-refractivity contribution in [2.45, 2.75) is 19.3 Å². The lowest BCUT2D eigenvalue weighted by Gasteiger charge is -2.02. The van der Waals surface area contributed by atoms with Crippen LogP contribution >= 0.6 is 0 Å². The van der Waals surface area contributed by atoms with E-state index in [0.717, 1.165) is 0 Å². The van der Waals surface area contributed by atoms with Gasteiger partial charge in [-0.3, -0.25) is 14.6 Å². The molecule has 0 unspecified atom stereocenters. The number of aromatic nitrogens is 1. The number of carboxylic acids is 1. The molecule has 1 amide bonds. The van der Waals surface area contributed by atoms with Crippen LogP contribution in [-0.2, 0) is 9.59 Å². The molecule has 0 aromatic carbocycles. The van der Waals surface area contributed by atoms with Gasteiger partial charge in [0.2, 0.25) is 5.91 Å². The second-order valence-corrected chi connectivity index (χ2v) is 3.04. The summed E-state index contributed by atoms with van der Waals surface area (Å²) in [7, 11) is 0. The molecule has 0 aliphatic rings. The molecule has 0 aliphatic carbocycles. The summed E-state index contributed by atoms with van der Waals surface area (Å²) < 4.78 is 0. The van der Waals surface area contributed by atoms with Crippen molar-refractivity contribution in [3.8, 4) is 0 Å². The Morgan fingerprint density at radius 1 is 1.40 bits per heavy atom. The number of aliphatic carboxylic acids is 1. The third kappa shape index (κ3) is 4.75. The van der Waals surface area contributed by atoms with Crippen molar-refractivity contribution >= 4 is 17.6 Å². The van der Waals surface area contributed by atoms with Crippen LogP contribution in [0, 0.1) is 0 Å². The number of nitrogens with zero attached hydrogens (tertiary/aromatic N) is 1. The summed E-state index contributed by atoms with van der Waals surface area (Å²) in [4.78, 5) is 25.3. The molecule has 1 heterocycles. The van der Waals surface area contributed by atoms with E-state index in [1.807, 2.05) is 0 Å². The highest BCUT2D eigenvalue weighted by Gasteiger charge is 2.03. The number of carbonyl (C=O) groups excluding carboxylic acids is 1. The maximum Gasteiger partial charge on any atom is 0.303 e. The molecular weight excluding hydrogens is 196 g/mol. The van der Waals surface area contributed by atoms with Crippen LogP contribution in [-0.4, -0.2) is 22.0 Å². The molecule has 0 radical (unpaired) electrons. The Hall–Kier alpha value is -1.91. The average molecular weight is 208 g/mol. The molecule has 2 N–H and O–H groups in total. The molecule has 0 fully saturated rings. The minimum atomic E-state index is -0.885. The van der Waals surface area contributed by atoms with Gasteiger partial charge >= 0.3 is 5.97 Å². The van der Waals surface area contributed by atoms with Gasteiger partial charge in [-0.1, -0.05) is 0 Å². The first kappa shape index (κ1) is 11.2. The van der Waals surface area contributed by atoms with E-state index in [2.05, 4.69) is 10.3 Å². The maximum absolute atomic E-state index is 11.3. The zero-order valence-corrected chi connectivity index (χ0v) is 8.14. The third-order valence-electron chi connectivity index (χ3n) is 1.74. The highest BCUT2D eigenvalue weighted by atomic mass is 16.4. The van der Waals surface area contributed by atoms with Crippen molar-refractivity contribution in [1.29, 1.82) is 0 Å². The van der Waals surface area contributed by atoms with E-state index in [1.54, 1.807) is 18.3 Å². The number of carboxylic acid groups (broad SMARTS) is 1. The van der Waals surface area contributed by atoms with Crippen LogP contribution in [0.1, 0.15) is 19.3 Å². The number of carbonyl (C=O) groups is 2. The summed E-state index contributed by atoms with van der Waals surface area (Å²) in [6.07, 6.45) is 3.72. The summed E-state index contributed by atoms with van der Waals surface area (Å²) in [6.45, 7) is 0. The first-order chi connectivity index (χ1) is 7.18. The van der Waals surface area contributed by atoms with Crippen LogP contribution in [0.5, 0.6) is 0 Å². The molecule has 1 aromatic heterocycles. The number of rotatable bonds is 5. The Labute approximate surface area is 87.1 Å². The van der Waals surface area contributed by atoms with Crippen molar-refractivity contribution in [3.05, 3.63) is 24.5 Å². The Morgan fingerprint density at radius 3 is 2.80 bits per heavy atom. The predicted octanol–water partition coefficient (Wildman–Crippen LogP) is 1.27. The number of anilines is 1. The van der Waals surface area contributed by atoms with Gasteiger partial charge in [-0.25, -0.2) is 0 Å². The summed E-state index contributed by atoms with van der Waals surface area (Å²) in [5, 5.41) is 11.0.